The summed E-state index contributed by atoms with van der Waals surface area (Å²) in [6, 6.07) is 0.393. The zero-order valence-corrected chi connectivity index (χ0v) is 12.7. The Morgan fingerprint density at radius 3 is 2.39 bits per heavy atom. The number of amides is 1. The van der Waals surface area contributed by atoms with E-state index in [9.17, 15) is 4.79 Å². The Hall–Kier alpha value is -0.280. The maximum atomic E-state index is 12.2. The quantitative estimate of drug-likeness (QED) is 0.722. The first-order valence-corrected chi connectivity index (χ1v) is 7.42. The van der Waals surface area contributed by atoms with Crippen LogP contribution < -0.4 is 0 Å². The molecule has 0 aromatic rings. The van der Waals surface area contributed by atoms with Gasteiger partial charge in [0.25, 0.3) is 0 Å². The van der Waals surface area contributed by atoms with E-state index in [1.54, 1.807) is 7.11 Å². The molecule has 0 saturated heterocycles. The first-order valence-electron chi connectivity index (χ1n) is 6.89. The van der Waals surface area contributed by atoms with Gasteiger partial charge in [-0.15, -0.1) is 11.6 Å². The lowest BCUT2D eigenvalue weighted by atomic mass is 9.77. The van der Waals surface area contributed by atoms with Gasteiger partial charge in [-0.1, -0.05) is 20.3 Å². The molecule has 1 rings (SSSR count). The minimum atomic E-state index is 0.0341. The van der Waals surface area contributed by atoms with Crippen LogP contribution in [-0.4, -0.2) is 42.5 Å². The Bertz CT molecular complexity index is 263. The zero-order valence-electron chi connectivity index (χ0n) is 12.0. The summed E-state index contributed by atoms with van der Waals surface area (Å²) in [5.74, 6) is 1.18. The summed E-state index contributed by atoms with van der Waals surface area (Å²) in [6.07, 6.45) is 3.65. The Morgan fingerprint density at radius 2 is 1.94 bits per heavy atom. The number of rotatable bonds is 5. The molecular weight excluding hydrogens is 250 g/mol. The second kappa shape index (κ2) is 7.34. The van der Waals surface area contributed by atoms with Crippen molar-refractivity contribution in [2.24, 2.45) is 11.8 Å². The number of carbonyl (C=O) groups excluding carboxylic acids is 1. The van der Waals surface area contributed by atoms with Crippen LogP contribution in [-0.2, 0) is 9.53 Å². The minimum absolute atomic E-state index is 0.0341. The Kier molecular flexibility index (Phi) is 6.44. The number of carbonyl (C=O) groups is 1. The van der Waals surface area contributed by atoms with E-state index in [2.05, 4.69) is 13.8 Å². The molecule has 0 radical (unpaired) electrons. The first kappa shape index (κ1) is 15.8. The standard InChI is InChI=1S/C14H26ClNO2/c1-10-6-5-7-11(2)14(10)16(13(17)8-15)12(3)9-18-4/h10-12,14H,5-9H2,1-4H3. The maximum absolute atomic E-state index is 12.2. The molecule has 18 heavy (non-hydrogen) atoms. The van der Waals surface area contributed by atoms with Crippen LogP contribution in [0.25, 0.3) is 0 Å². The Balaban J connectivity index is 2.89. The largest absolute Gasteiger partial charge is 0.383 e. The molecule has 0 aliphatic heterocycles. The van der Waals surface area contributed by atoms with Gasteiger partial charge in [0.15, 0.2) is 0 Å². The number of hydrogen-bond donors (Lipinski definition) is 0. The summed E-state index contributed by atoms with van der Waals surface area (Å²) < 4.78 is 5.20. The molecule has 3 atom stereocenters. The lowest BCUT2D eigenvalue weighted by Crippen LogP contribution is -2.54. The van der Waals surface area contributed by atoms with Crippen molar-refractivity contribution >= 4 is 17.5 Å². The zero-order chi connectivity index (χ0) is 13.7. The fourth-order valence-corrected chi connectivity index (χ4v) is 3.45. The number of hydrogen-bond acceptors (Lipinski definition) is 2. The van der Waals surface area contributed by atoms with Crippen LogP contribution in [0.15, 0.2) is 0 Å². The average Bonchev–Trinajstić information content (AvgIpc) is 2.33. The highest BCUT2D eigenvalue weighted by atomic mass is 35.5. The van der Waals surface area contributed by atoms with E-state index in [1.165, 1.54) is 19.3 Å². The lowest BCUT2D eigenvalue weighted by Gasteiger charge is -2.45. The Labute approximate surface area is 116 Å². The third-order valence-electron chi connectivity index (χ3n) is 4.09. The summed E-state index contributed by atoms with van der Waals surface area (Å²) >= 11 is 5.77. The molecule has 106 valence electrons. The van der Waals surface area contributed by atoms with E-state index in [1.807, 2.05) is 11.8 Å². The number of ether oxygens (including phenoxy) is 1. The molecule has 1 fully saturated rings. The van der Waals surface area contributed by atoms with Crippen molar-refractivity contribution < 1.29 is 9.53 Å². The van der Waals surface area contributed by atoms with Gasteiger partial charge in [0.05, 0.1) is 12.6 Å². The van der Waals surface area contributed by atoms with Gasteiger partial charge in [0.2, 0.25) is 5.91 Å². The predicted molar refractivity (Wildman–Crippen MR) is 74.9 cm³/mol. The van der Waals surface area contributed by atoms with Crippen LogP contribution in [0, 0.1) is 11.8 Å². The third kappa shape index (κ3) is 3.61. The highest BCUT2D eigenvalue weighted by Crippen LogP contribution is 2.34. The van der Waals surface area contributed by atoms with Gasteiger partial charge in [-0.05, 0) is 31.6 Å². The normalized spacial score (nSPS) is 29.9. The second-order valence-corrected chi connectivity index (χ2v) is 5.88. The van der Waals surface area contributed by atoms with E-state index >= 15 is 0 Å². The molecule has 0 bridgehead atoms. The monoisotopic (exact) mass is 275 g/mol. The minimum Gasteiger partial charge on any atom is -0.383 e. The van der Waals surface area contributed by atoms with Gasteiger partial charge in [-0.2, -0.15) is 0 Å². The molecule has 0 N–H and O–H groups in total. The van der Waals surface area contributed by atoms with Crippen LogP contribution in [0.2, 0.25) is 0 Å². The molecule has 0 spiro atoms. The van der Waals surface area contributed by atoms with Gasteiger partial charge in [0, 0.05) is 13.2 Å². The number of nitrogens with zero attached hydrogens (tertiary/aromatic N) is 1. The van der Waals surface area contributed by atoms with Crippen molar-refractivity contribution in [3.63, 3.8) is 0 Å². The van der Waals surface area contributed by atoms with Crippen molar-refractivity contribution in [1.29, 1.82) is 0 Å². The fraction of sp³-hybridized carbons (Fsp3) is 0.929. The summed E-state index contributed by atoms with van der Waals surface area (Å²) in [6.45, 7) is 7.10. The lowest BCUT2D eigenvalue weighted by molar-refractivity contribution is -0.138. The highest BCUT2D eigenvalue weighted by Gasteiger charge is 2.37. The SMILES string of the molecule is COCC(C)N(C(=O)CCl)C1C(C)CCCC1C. The highest BCUT2D eigenvalue weighted by molar-refractivity contribution is 6.27. The number of methoxy groups -OCH3 is 1. The van der Waals surface area contributed by atoms with Crippen molar-refractivity contribution in [1.82, 2.24) is 4.90 Å². The molecule has 0 aromatic carbocycles. The van der Waals surface area contributed by atoms with Crippen LogP contribution in [0.1, 0.15) is 40.0 Å². The molecule has 0 heterocycles. The average molecular weight is 276 g/mol. The van der Waals surface area contributed by atoms with Crippen LogP contribution in [0.3, 0.4) is 0 Å². The molecule has 3 nitrogen and oxygen atoms in total. The number of alkyl halides is 1. The van der Waals surface area contributed by atoms with Crippen molar-refractivity contribution in [3.8, 4) is 0 Å². The number of halogens is 1. The van der Waals surface area contributed by atoms with Gasteiger partial charge in [-0.25, -0.2) is 0 Å². The third-order valence-corrected chi connectivity index (χ3v) is 4.32. The van der Waals surface area contributed by atoms with Crippen molar-refractivity contribution in [3.05, 3.63) is 0 Å². The van der Waals surface area contributed by atoms with Crippen LogP contribution in [0.4, 0.5) is 0 Å². The summed E-state index contributed by atoms with van der Waals surface area (Å²) in [5, 5.41) is 0. The van der Waals surface area contributed by atoms with Gasteiger partial charge < -0.3 is 9.64 Å². The van der Waals surface area contributed by atoms with E-state index in [4.69, 9.17) is 16.3 Å². The van der Waals surface area contributed by atoms with Crippen molar-refractivity contribution in [2.75, 3.05) is 19.6 Å². The van der Waals surface area contributed by atoms with Gasteiger partial charge in [-0.3, -0.25) is 4.79 Å². The van der Waals surface area contributed by atoms with Crippen LogP contribution in [0.5, 0.6) is 0 Å². The molecule has 1 aliphatic rings. The molecule has 1 saturated carbocycles. The summed E-state index contributed by atoms with van der Waals surface area (Å²) in [4.78, 5) is 14.1. The maximum Gasteiger partial charge on any atom is 0.238 e. The first-order chi connectivity index (χ1) is 8.52. The Morgan fingerprint density at radius 1 is 1.39 bits per heavy atom. The van der Waals surface area contributed by atoms with Crippen LogP contribution >= 0.6 is 11.6 Å². The van der Waals surface area contributed by atoms with Crippen molar-refractivity contribution in [2.45, 2.75) is 52.1 Å². The van der Waals surface area contributed by atoms with E-state index in [0.717, 1.165) is 0 Å². The molecule has 1 aliphatic carbocycles. The predicted octanol–water partition coefficient (Wildman–Crippen LogP) is 2.91. The fourth-order valence-electron chi connectivity index (χ4n) is 3.31. The molecule has 0 aromatic heterocycles. The van der Waals surface area contributed by atoms with E-state index in [0.29, 0.717) is 24.5 Å². The topological polar surface area (TPSA) is 29.5 Å². The van der Waals surface area contributed by atoms with Gasteiger partial charge in [0.1, 0.15) is 5.88 Å². The summed E-state index contributed by atoms with van der Waals surface area (Å²) in [5.41, 5.74) is 0. The molecular formula is C14H26ClNO2. The van der Waals surface area contributed by atoms with E-state index < -0.39 is 0 Å². The van der Waals surface area contributed by atoms with E-state index in [-0.39, 0.29) is 17.8 Å². The second-order valence-electron chi connectivity index (χ2n) is 5.62. The van der Waals surface area contributed by atoms with Gasteiger partial charge >= 0.3 is 0 Å². The smallest absolute Gasteiger partial charge is 0.238 e. The molecule has 1 amide bonds. The summed E-state index contributed by atoms with van der Waals surface area (Å²) in [7, 11) is 1.67. The molecule has 4 heteroatoms. The molecule has 3 unspecified atom stereocenters.